The number of rotatable bonds is 5. The zero-order valence-electron chi connectivity index (χ0n) is 21.1. The molecule has 0 unspecified atom stereocenters. The molecule has 0 N–H and O–H groups in total. The van der Waals surface area contributed by atoms with E-state index in [0.29, 0.717) is 13.1 Å². The van der Waals surface area contributed by atoms with Crippen LogP contribution in [0.3, 0.4) is 0 Å². The van der Waals surface area contributed by atoms with Gasteiger partial charge in [-0.1, -0.05) is 36.4 Å². The molecule has 1 saturated heterocycles. The van der Waals surface area contributed by atoms with Gasteiger partial charge < -0.3 is 18.9 Å². The largest absolute Gasteiger partial charge is 0.466 e. The molecule has 192 valence electrons. The van der Waals surface area contributed by atoms with Crippen LogP contribution < -0.4 is 0 Å². The molecule has 1 heterocycles. The average Bonchev–Trinajstić information content (AvgIpc) is 3.57. The topological polar surface area (TPSA) is 108 Å². The number of fused-ring (bicyclic) bond motifs is 3. The van der Waals surface area contributed by atoms with Crippen LogP contribution in [0.15, 0.2) is 58.7 Å². The first-order valence-electron chi connectivity index (χ1n) is 12.0. The van der Waals surface area contributed by atoms with Crippen LogP contribution >= 0.6 is 0 Å². The van der Waals surface area contributed by atoms with Crippen LogP contribution in [-0.4, -0.2) is 70.3 Å². The minimum Gasteiger partial charge on any atom is -0.466 e. The number of hydrogen-bond acceptors (Lipinski definition) is 9. The summed E-state index contributed by atoms with van der Waals surface area (Å²) in [6.45, 7) is 1.19. The molecule has 2 aromatic carbocycles. The lowest BCUT2D eigenvalue weighted by Gasteiger charge is -2.48. The van der Waals surface area contributed by atoms with Gasteiger partial charge in [0.1, 0.15) is 0 Å². The Kier molecular flexibility index (Phi) is 6.11. The number of likely N-dealkylation sites (tertiary alicyclic amines) is 1. The number of benzene rings is 2. The molecule has 0 spiro atoms. The lowest BCUT2D eigenvalue weighted by molar-refractivity contribution is -0.143. The maximum Gasteiger partial charge on any atom is 0.339 e. The number of methoxy groups -OCH3 is 4. The van der Waals surface area contributed by atoms with Gasteiger partial charge in [0.05, 0.1) is 56.3 Å². The second-order valence-corrected chi connectivity index (χ2v) is 9.15. The van der Waals surface area contributed by atoms with Gasteiger partial charge >= 0.3 is 23.9 Å². The fraction of sp³-hybridized carbons (Fsp3) is 0.357. The maximum atomic E-state index is 13.8. The summed E-state index contributed by atoms with van der Waals surface area (Å²) in [7, 11) is 4.72. The van der Waals surface area contributed by atoms with Crippen molar-refractivity contribution in [2.45, 2.75) is 24.3 Å². The van der Waals surface area contributed by atoms with Crippen molar-refractivity contribution in [2.75, 3.05) is 41.5 Å². The van der Waals surface area contributed by atoms with E-state index in [1.54, 1.807) is 0 Å². The predicted molar refractivity (Wildman–Crippen MR) is 131 cm³/mol. The van der Waals surface area contributed by atoms with Gasteiger partial charge in [-0.2, -0.15) is 0 Å². The summed E-state index contributed by atoms with van der Waals surface area (Å²) >= 11 is 0. The van der Waals surface area contributed by atoms with Gasteiger partial charge in [-0.25, -0.2) is 19.2 Å². The smallest absolute Gasteiger partial charge is 0.339 e. The molecule has 37 heavy (non-hydrogen) atoms. The first kappa shape index (κ1) is 24.7. The molecule has 1 aliphatic heterocycles. The second-order valence-electron chi connectivity index (χ2n) is 9.15. The summed E-state index contributed by atoms with van der Waals surface area (Å²) in [5.41, 5.74) is -0.645. The Balaban J connectivity index is 2.07. The number of nitrogens with zero attached hydrogens (tertiary/aromatic N) is 1. The fourth-order valence-electron chi connectivity index (χ4n) is 6.44. The predicted octanol–water partition coefficient (Wildman–Crippen LogP) is 2.53. The van der Waals surface area contributed by atoms with E-state index in [0.717, 1.165) is 49.0 Å². The third-order valence-electron chi connectivity index (χ3n) is 7.69. The van der Waals surface area contributed by atoms with Crippen LogP contribution in [0, 0.1) is 0 Å². The lowest BCUT2D eigenvalue weighted by atomic mass is 9.63. The van der Waals surface area contributed by atoms with Crippen molar-refractivity contribution in [3.63, 3.8) is 0 Å². The average molecular weight is 506 g/mol. The van der Waals surface area contributed by atoms with Crippen molar-refractivity contribution >= 4 is 34.6 Å². The first-order chi connectivity index (χ1) is 17.9. The molecule has 9 heteroatoms. The van der Waals surface area contributed by atoms with Gasteiger partial charge in [0.15, 0.2) is 0 Å². The Hall–Kier alpha value is -3.98. The van der Waals surface area contributed by atoms with E-state index < -0.39 is 35.3 Å². The Labute approximate surface area is 213 Å². The lowest BCUT2D eigenvalue weighted by Crippen LogP contribution is -2.55. The number of carbonyl (C=O) groups excluding carboxylic acids is 4. The zero-order chi connectivity index (χ0) is 26.5. The molecule has 0 radical (unpaired) electrons. The van der Waals surface area contributed by atoms with Crippen LogP contribution in [0.4, 0.5) is 0 Å². The summed E-state index contributed by atoms with van der Waals surface area (Å²) < 4.78 is 20.6. The summed E-state index contributed by atoms with van der Waals surface area (Å²) in [5.74, 6) is -4.37. The van der Waals surface area contributed by atoms with E-state index in [1.165, 1.54) is 14.2 Å². The Morgan fingerprint density at radius 2 is 1.32 bits per heavy atom. The highest BCUT2D eigenvalue weighted by atomic mass is 16.5. The third kappa shape index (κ3) is 3.20. The summed E-state index contributed by atoms with van der Waals surface area (Å²) in [4.78, 5) is 56.2. The Morgan fingerprint density at radius 1 is 0.757 bits per heavy atom. The number of carbonyl (C=O) groups is 4. The normalized spacial score (nSPS) is 22.6. The van der Waals surface area contributed by atoms with Crippen molar-refractivity contribution in [3.05, 3.63) is 69.8 Å². The fourth-order valence-corrected chi connectivity index (χ4v) is 6.44. The van der Waals surface area contributed by atoms with E-state index in [4.69, 9.17) is 18.9 Å². The third-order valence-corrected chi connectivity index (χ3v) is 7.69. The standard InChI is InChI=1S/C28H27NO8/c1-34-24(30)19-20(25(31)35-2)22-16-11-7-9-15-10-8-12-17(18(15)16)28(22,29-13-5-6-14-29)23(27(33)37-4)21(19)26(32)36-3/h7-12,22H,5-6,13-14H2,1-4H3/t22-,28+/m0/s1. The zero-order valence-corrected chi connectivity index (χ0v) is 21.1. The number of ether oxygens (including phenoxy) is 4. The van der Waals surface area contributed by atoms with E-state index in [-0.39, 0.29) is 22.3 Å². The molecule has 2 aliphatic carbocycles. The van der Waals surface area contributed by atoms with Crippen molar-refractivity contribution in [2.24, 2.45) is 0 Å². The van der Waals surface area contributed by atoms with E-state index in [2.05, 4.69) is 4.90 Å². The SMILES string of the molecule is COC(=O)C1=C(C(=O)OC)[C@@H]2c3cccc4cccc(c34)[C@]2(N2CCCC2)C(C(=O)OC)=C1C(=O)OC. The number of hydrogen-bond donors (Lipinski definition) is 0. The van der Waals surface area contributed by atoms with Gasteiger partial charge in [-0.15, -0.1) is 0 Å². The van der Waals surface area contributed by atoms with Crippen molar-refractivity contribution in [1.29, 1.82) is 0 Å². The van der Waals surface area contributed by atoms with E-state index in [1.807, 2.05) is 36.4 Å². The Bertz CT molecular complexity index is 1410. The van der Waals surface area contributed by atoms with Crippen molar-refractivity contribution in [3.8, 4) is 0 Å². The highest BCUT2D eigenvalue weighted by Gasteiger charge is 2.64. The quantitative estimate of drug-likeness (QED) is 0.447. The van der Waals surface area contributed by atoms with Gasteiger partial charge in [-0.3, -0.25) is 4.90 Å². The highest BCUT2D eigenvalue weighted by Crippen LogP contribution is 2.63. The van der Waals surface area contributed by atoms with Gasteiger partial charge in [0.25, 0.3) is 0 Å². The van der Waals surface area contributed by atoms with Gasteiger partial charge in [0.2, 0.25) is 0 Å². The van der Waals surface area contributed by atoms with E-state index >= 15 is 0 Å². The van der Waals surface area contributed by atoms with Crippen LogP contribution in [0.25, 0.3) is 10.8 Å². The molecular weight excluding hydrogens is 478 g/mol. The molecule has 2 aromatic rings. The summed E-state index contributed by atoms with van der Waals surface area (Å²) in [6.07, 6.45) is 1.70. The molecule has 5 rings (SSSR count). The summed E-state index contributed by atoms with van der Waals surface area (Å²) in [5, 5.41) is 1.75. The second kappa shape index (κ2) is 9.15. The molecular formula is C28H27NO8. The van der Waals surface area contributed by atoms with Crippen LogP contribution in [0.5, 0.6) is 0 Å². The molecule has 0 bridgehead atoms. The van der Waals surface area contributed by atoms with Crippen LogP contribution in [0.1, 0.15) is 29.9 Å². The molecule has 2 atom stereocenters. The number of esters is 4. The van der Waals surface area contributed by atoms with Crippen LogP contribution in [0.2, 0.25) is 0 Å². The molecule has 3 aliphatic rings. The summed E-state index contributed by atoms with van der Waals surface area (Å²) in [6, 6.07) is 11.4. The van der Waals surface area contributed by atoms with E-state index in [9.17, 15) is 19.2 Å². The van der Waals surface area contributed by atoms with Gasteiger partial charge in [0, 0.05) is 5.92 Å². The Morgan fingerprint density at radius 3 is 1.92 bits per heavy atom. The van der Waals surface area contributed by atoms with Crippen molar-refractivity contribution < 1.29 is 38.1 Å². The minimum absolute atomic E-state index is 0.0505. The monoisotopic (exact) mass is 505 g/mol. The maximum absolute atomic E-state index is 13.8. The molecule has 0 saturated carbocycles. The molecule has 0 aromatic heterocycles. The molecule has 0 amide bonds. The van der Waals surface area contributed by atoms with Crippen LogP contribution in [-0.2, 0) is 43.7 Å². The molecule has 9 nitrogen and oxygen atoms in total. The molecule has 1 fully saturated rings. The first-order valence-corrected chi connectivity index (χ1v) is 12.0. The van der Waals surface area contributed by atoms with Crippen molar-refractivity contribution in [1.82, 2.24) is 4.90 Å². The van der Waals surface area contributed by atoms with Gasteiger partial charge in [-0.05, 0) is 47.8 Å². The minimum atomic E-state index is -1.32. The highest BCUT2D eigenvalue weighted by molar-refractivity contribution is 6.19.